The van der Waals surface area contributed by atoms with Crippen LogP contribution in [0.1, 0.15) is 26.7 Å². The van der Waals surface area contributed by atoms with Crippen molar-refractivity contribution in [3.8, 4) is 0 Å². The minimum atomic E-state index is 0.0438. The highest BCUT2D eigenvalue weighted by Crippen LogP contribution is 2.21. The summed E-state index contributed by atoms with van der Waals surface area (Å²) in [6.07, 6.45) is 2.58. The topological polar surface area (TPSA) is 44.4 Å². The minimum absolute atomic E-state index is 0.0438. The van der Waals surface area contributed by atoms with E-state index in [9.17, 15) is 4.79 Å². The van der Waals surface area contributed by atoms with Crippen LogP contribution in [0, 0.1) is 5.92 Å². The molecule has 0 saturated carbocycles. The Balaban J connectivity index is 1.77. The van der Waals surface area contributed by atoms with E-state index in [0.717, 1.165) is 25.3 Å². The normalized spacial score (nSPS) is 14.7. The Kier molecular flexibility index (Phi) is 5.27. The van der Waals surface area contributed by atoms with E-state index in [0.29, 0.717) is 12.5 Å². The molecule has 1 aromatic carbocycles. The van der Waals surface area contributed by atoms with Crippen LogP contribution in [0.15, 0.2) is 24.3 Å². The molecule has 1 aromatic rings. The molecule has 4 heteroatoms. The fourth-order valence-corrected chi connectivity index (χ4v) is 2.33. The second kappa shape index (κ2) is 7.17. The van der Waals surface area contributed by atoms with Crippen LogP contribution in [0.4, 0.5) is 11.4 Å². The largest absolute Gasteiger partial charge is 0.376 e. The molecular weight excluding hydrogens is 250 g/mol. The Hall–Kier alpha value is -1.71. The Bertz CT molecular complexity index is 422. The molecule has 0 radical (unpaired) electrons. The summed E-state index contributed by atoms with van der Waals surface area (Å²) in [5.41, 5.74) is 2.27. The fraction of sp³-hybridized carbons (Fsp3) is 0.562. The molecule has 0 aliphatic carbocycles. The third-order valence-electron chi connectivity index (χ3n) is 3.50. The number of carbonyl (C=O) groups is 1. The average molecular weight is 275 g/mol. The fourth-order valence-electron chi connectivity index (χ4n) is 2.33. The summed E-state index contributed by atoms with van der Waals surface area (Å²) in [4.78, 5) is 14.0. The molecule has 1 saturated heterocycles. The maximum absolute atomic E-state index is 11.6. The minimum Gasteiger partial charge on any atom is -0.376 e. The number of rotatable bonds is 6. The van der Waals surface area contributed by atoms with Gasteiger partial charge in [-0.3, -0.25) is 4.79 Å². The van der Waals surface area contributed by atoms with Gasteiger partial charge in [0.15, 0.2) is 0 Å². The van der Waals surface area contributed by atoms with Gasteiger partial charge in [-0.15, -0.1) is 0 Å². The molecule has 0 unspecified atom stereocenters. The van der Waals surface area contributed by atoms with Gasteiger partial charge in [0.2, 0.25) is 5.91 Å². The second-order valence-electron chi connectivity index (χ2n) is 5.79. The molecule has 2 rings (SSSR count). The third kappa shape index (κ3) is 4.44. The molecule has 1 amide bonds. The molecule has 0 aromatic heterocycles. The SMILES string of the molecule is CC(C)CNC(=O)CNc1ccc(N2CCCC2)cc1. The van der Waals surface area contributed by atoms with Crippen molar-refractivity contribution >= 4 is 17.3 Å². The number of amides is 1. The van der Waals surface area contributed by atoms with Crippen LogP contribution in [0.5, 0.6) is 0 Å². The van der Waals surface area contributed by atoms with E-state index in [1.54, 1.807) is 0 Å². The van der Waals surface area contributed by atoms with E-state index in [1.165, 1.54) is 18.5 Å². The predicted molar refractivity (Wildman–Crippen MR) is 84.2 cm³/mol. The lowest BCUT2D eigenvalue weighted by atomic mass is 10.2. The van der Waals surface area contributed by atoms with Gasteiger partial charge in [-0.2, -0.15) is 0 Å². The lowest BCUT2D eigenvalue weighted by Gasteiger charge is -2.18. The van der Waals surface area contributed by atoms with Crippen molar-refractivity contribution in [3.05, 3.63) is 24.3 Å². The number of hydrogen-bond acceptors (Lipinski definition) is 3. The molecule has 0 atom stereocenters. The summed E-state index contributed by atoms with van der Waals surface area (Å²) in [5.74, 6) is 0.529. The summed E-state index contributed by atoms with van der Waals surface area (Å²) in [6.45, 7) is 7.55. The molecule has 2 N–H and O–H groups in total. The van der Waals surface area contributed by atoms with Gasteiger partial charge in [0.1, 0.15) is 0 Å². The molecule has 1 aliphatic heterocycles. The summed E-state index contributed by atoms with van der Waals surface area (Å²) < 4.78 is 0. The first kappa shape index (κ1) is 14.7. The molecule has 110 valence electrons. The van der Waals surface area contributed by atoms with Crippen molar-refractivity contribution in [2.45, 2.75) is 26.7 Å². The lowest BCUT2D eigenvalue weighted by molar-refractivity contribution is -0.119. The predicted octanol–water partition coefficient (Wildman–Crippen LogP) is 2.47. The molecule has 1 aliphatic rings. The average Bonchev–Trinajstić information content (AvgIpc) is 2.97. The highest BCUT2D eigenvalue weighted by molar-refractivity contribution is 5.80. The smallest absolute Gasteiger partial charge is 0.239 e. The number of hydrogen-bond donors (Lipinski definition) is 2. The Labute approximate surface area is 121 Å². The first-order chi connectivity index (χ1) is 9.65. The van der Waals surface area contributed by atoms with E-state index in [1.807, 2.05) is 12.1 Å². The number of benzene rings is 1. The zero-order valence-electron chi connectivity index (χ0n) is 12.5. The second-order valence-corrected chi connectivity index (χ2v) is 5.79. The molecule has 1 fully saturated rings. The first-order valence-electron chi connectivity index (χ1n) is 7.51. The summed E-state index contributed by atoms with van der Waals surface area (Å²) in [7, 11) is 0. The Morgan fingerprint density at radius 1 is 1.20 bits per heavy atom. The quantitative estimate of drug-likeness (QED) is 0.838. The highest BCUT2D eigenvalue weighted by Gasteiger charge is 2.11. The highest BCUT2D eigenvalue weighted by atomic mass is 16.1. The summed E-state index contributed by atoms with van der Waals surface area (Å²) in [6, 6.07) is 8.34. The van der Waals surface area contributed by atoms with E-state index in [4.69, 9.17) is 0 Å². The van der Waals surface area contributed by atoms with E-state index in [-0.39, 0.29) is 5.91 Å². The van der Waals surface area contributed by atoms with Crippen LogP contribution in [-0.4, -0.2) is 32.1 Å². The zero-order valence-corrected chi connectivity index (χ0v) is 12.5. The maximum atomic E-state index is 11.6. The first-order valence-corrected chi connectivity index (χ1v) is 7.51. The monoisotopic (exact) mass is 275 g/mol. The zero-order chi connectivity index (χ0) is 14.4. The number of anilines is 2. The van der Waals surface area contributed by atoms with Crippen LogP contribution in [0.25, 0.3) is 0 Å². The van der Waals surface area contributed by atoms with Crippen molar-refractivity contribution in [3.63, 3.8) is 0 Å². The molecule has 4 nitrogen and oxygen atoms in total. The van der Waals surface area contributed by atoms with E-state index < -0.39 is 0 Å². The van der Waals surface area contributed by atoms with Gasteiger partial charge in [-0.25, -0.2) is 0 Å². The van der Waals surface area contributed by atoms with Gasteiger partial charge < -0.3 is 15.5 Å². The molecule has 0 bridgehead atoms. The molecule has 20 heavy (non-hydrogen) atoms. The van der Waals surface area contributed by atoms with Gasteiger partial charge in [0, 0.05) is 31.0 Å². The number of nitrogens with one attached hydrogen (secondary N) is 2. The van der Waals surface area contributed by atoms with Crippen molar-refractivity contribution in [1.29, 1.82) is 0 Å². The Morgan fingerprint density at radius 2 is 1.85 bits per heavy atom. The van der Waals surface area contributed by atoms with E-state index in [2.05, 4.69) is 41.5 Å². The van der Waals surface area contributed by atoms with Gasteiger partial charge in [-0.1, -0.05) is 13.8 Å². The van der Waals surface area contributed by atoms with Gasteiger partial charge in [0.05, 0.1) is 6.54 Å². The van der Waals surface area contributed by atoms with Gasteiger partial charge >= 0.3 is 0 Å². The number of nitrogens with zero attached hydrogens (tertiary/aromatic N) is 1. The Morgan fingerprint density at radius 3 is 2.45 bits per heavy atom. The number of carbonyl (C=O) groups excluding carboxylic acids is 1. The summed E-state index contributed by atoms with van der Waals surface area (Å²) >= 11 is 0. The van der Waals surface area contributed by atoms with Crippen LogP contribution in [0.2, 0.25) is 0 Å². The van der Waals surface area contributed by atoms with Crippen LogP contribution < -0.4 is 15.5 Å². The molecule has 0 spiro atoms. The standard InChI is InChI=1S/C16H25N3O/c1-13(2)11-18-16(20)12-17-14-5-7-15(8-6-14)19-9-3-4-10-19/h5-8,13,17H,3-4,9-12H2,1-2H3,(H,18,20). The van der Waals surface area contributed by atoms with Gasteiger partial charge in [-0.05, 0) is 43.0 Å². The lowest BCUT2D eigenvalue weighted by Crippen LogP contribution is -2.32. The molecular formula is C16H25N3O. The van der Waals surface area contributed by atoms with E-state index >= 15 is 0 Å². The van der Waals surface area contributed by atoms with Crippen molar-refractivity contribution in [1.82, 2.24) is 5.32 Å². The maximum Gasteiger partial charge on any atom is 0.239 e. The van der Waals surface area contributed by atoms with Crippen LogP contribution in [-0.2, 0) is 4.79 Å². The van der Waals surface area contributed by atoms with Crippen LogP contribution in [0.3, 0.4) is 0 Å². The van der Waals surface area contributed by atoms with Crippen molar-refractivity contribution in [2.24, 2.45) is 5.92 Å². The van der Waals surface area contributed by atoms with Crippen molar-refractivity contribution in [2.75, 3.05) is 36.4 Å². The summed E-state index contributed by atoms with van der Waals surface area (Å²) in [5, 5.41) is 6.05. The van der Waals surface area contributed by atoms with Gasteiger partial charge in [0.25, 0.3) is 0 Å². The van der Waals surface area contributed by atoms with Crippen LogP contribution >= 0.6 is 0 Å². The van der Waals surface area contributed by atoms with Crippen molar-refractivity contribution < 1.29 is 4.79 Å². The molecule has 1 heterocycles. The third-order valence-corrected chi connectivity index (χ3v) is 3.50.